The van der Waals surface area contributed by atoms with Gasteiger partial charge in [-0.3, -0.25) is 0 Å². The number of rotatable bonds is 3. The van der Waals surface area contributed by atoms with Crippen molar-refractivity contribution in [3.05, 3.63) is 34.9 Å². The molecule has 0 radical (unpaired) electrons. The van der Waals surface area contributed by atoms with E-state index in [1.54, 1.807) is 12.1 Å². The second kappa shape index (κ2) is 4.31. The molecule has 0 heterocycles. The molecular formula is C14H14F3N. The van der Waals surface area contributed by atoms with Gasteiger partial charge in [0.2, 0.25) is 0 Å². The molecular weight excluding hydrogens is 239 g/mol. The van der Waals surface area contributed by atoms with Gasteiger partial charge in [0.1, 0.15) is 0 Å². The third kappa shape index (κ3) is 2.84. The highest BCUT2D eigenvalue weighted by Gasteiger charge is 2.37. The van der Waals surface area contributed by atoms with Crippen LogP contribution in [0.4, 0.5) is 13.2 Å². The van der Waals surface area contributed by atoms with E-state index in [-0.39, 0.29) is 5.56 Å². The van der Waals surface area contributed by atoms with Crippen LogP contribution in [0, 0.1) is 16.7 Å². The Balaban J connectivity index is 2.20. The molecule has 1 aliphatic carbocycles. The van der Waals surface area contributed by atoms with Crippen molar-refractivity contribution in [3.8, 4) is 6.07 Å². The van der Waals surface area contributed by atoms with Crippen LogP contribution in [0.1, 0.15) is 42.9 Å². The van der Waals surface area contributed by atoms with Crippen molar-refractivity contribution in [2.75, 3.05) is 0 Å². The van der Waals surface area contributed by atoms with Crippen LogP contribution in [-0.4, -0.2) is 0 Å². The van der Waals surface area contributed by atoms with Gasteiger partial charge in [-0.05, 0) is 48.8 Å². The Morgan fingerprint density at radius 3 is 2.50 bits per heavy atom. The molecule has 0 saturated heterocycles. The van der Waals surface area contributed by atoms with E-state index in [1.165, 1.54) is 6.07 Å². The van der Waals surface area contributed by atoms with Gasteiger partial charge in [-0.1, -0.05) is 13.0 Å². The molecule has 0 amide bonds. The molecule has 2 rings (SSSR count). The first-order valence-corrected chi connectivity index (χ1v) is 5.94. The Hall–Kier alpha value is -1.50. The first-order chi connectivity index (χ1) is 8.34. The van der Waals surface area contributed by atoms with Crippen LogP contribution >= 0.6 is 0 Å². The van der Waals surface area contributed by atoms with Gasteiger partial charge in [0.25, 0.3) is 0 Å². The molecule has 1 nitrogen and oxygen atoms in total. The van der Waals surface area contributed by atoms with Crippen LogP contribution in [0.15, 0.2) is 18.2 Å². The van der Waals surface area contributed by atoms with Crippen LogP contribution in [0.25, 0.3) is 0 Å². The standard InChI is InChI=1S/C14H14F3N/c1-13(6-7-13)5-4-10-2-3-11(9-18)12(8-10)14(15,16)17/h2-3,8H,4-7H2,1H3. The van der Waals surface area contributed by atoms with E-state index in [0.717, 1.165) is 25.3 Å². The average Bonchev–Trinajstić information content (AvgIpc) is 3.04. The highest BCUT2D eigenvalue weighted by molar-refractivity contribution is 5.42. The zero-order valence-electron chi connectivity index (χ0n) is 10.1. The maximum absolute atomic E-state index is 12.8. The van der Waals surface area contributed by atoms with Crippen LogP contribution in [0.3, 0.4) is 0 Å². The fourth-order valence-electron chi connectivity index (χ4n) is 1.99. The van der Waals surface area contributed by atoms with Crippen molar-refractivity contribution in [3.63, 3.8) is 0 Å². The zero-order chi connectivity index (χ0) is 13.4. The van der Waals surface area contributed by atoms with Gasteiger partial charge in [0, 0.05) is 0 Å². The Labute approximate surface area is 104 Å². The van der Waals surface area contributed by atoms with Gasteiger partial charge in [-0.25, -0.2) is 0 Å². The lowest BCUT2D eigenvalue weighted by atomic mass is 9.96. The summed E-state index contributed by atoms with van der Waals surface area (Å²) in [7, 11) is 0. The van der Waals surface area contributed by atoms with E-state index >= 15 is 0 Å². The maximum atomic E-state index is 12.8. The summed E-state index contributed by atoms with van der Waals surface area (Å²) >= 11 is 0. The van der Waals surface area contributed by atoms with Crippen molar-refractivity contribution in [1.82, 2.24) is 0 Å². The van der Waals surface area contributed by atoms with Crippen LogP contribution < -0.4 is 0 Å². The monoisotopic (exact) mass is 253 g/mol. The molecule has 18 heavy (non-hydrogen) atoms. The molecule has 1 aromatic rings. The summed E-state index contributed by atoms with van der Waals surface area (Å²) in [6.07, 6.45) is -0.573. The molecule has 0 atom stereocenters. The van der Waals surface area contributed by atoms with Gasteiger partial charge in [-0.15, -0.1) is 0 Å². The van der Waals surface area contributed by atoms with Crippen molar-refractivity contribution in [1.29, 1.82) is 5.26 Å². The van der Waals surface area contributed by atoms with Crippen molar-refractivity contribution in [2.24, 2.45) is 5.41 Å². The minimum absolute atomic E-state index is 0.302. The molecule has 1 fully saturated rings. The van der Waals surface area contributed by atoms with E-state index in [4.69, 9.17) is 5.26 Å². The van der Waals surface area contributed by atoms with Crippen LogP contribution in [0.2, 0.25) is 0 Å². The molecule has 1 aromatic carbocycles. The molecule has 0 bridgehead atoms. The minimum Gasteiger partial charge on any atom is -0.192 e. The van der Waals surface area contributed by atoms with Gasteiger partial charge < -0.3 is 0 Å². The fraction of sp³-hybridized carbons (Fsp3) is 0.500. The second-order valence-electron chi connectivity index (χ2n) is 5.30. The fourth-order valence-corrected chi connectivity index (χ4v) is 1.99. The quantitative estimate of drug-likeness (QED) is 0.787. The van der Waals surface area contributed by atoms with E-state index in [2.05, 4.69) is 6.92 Å². The summed E-state index contributed by atoms with van der Waals surface area (Å²) in [5, 5.41) is 8.69. The number of hydrogen-bond donors (Lipinski definition) is 0. The third-order valence-electron chi connectivity index (χ3n) is 3.63. The topological polar surface area (TPSA) is 23.8 Å². The summed E-state index contributed by atoms with van der Waals surface area (Å²) in [5.74, 6) is 0. The Morgan fingerprint density at radius 2 is 2.00 bits per heavy atom. The summed E-state index contributed by atoms with van der Waals surface area (Å²) in [6.45, 7) is 2.15. The number of aryl methyl sites for hydroxylation is 1. The zero-order valence-corrected chi connectivity index (χ0v) is 10.1. The maximum Gasteiger partial charge on any atom is 0.417 e. The largest absolute Gasteiger partial charge is 0.417 e. The average molecular weight is 253 g/mol. The Morgan fingerprint density at radius 1 is 1.33 bits per heavy atom. The molecule has 96 valence electrons. The highest BCUT2D eigenvalue weighted by Crippen LogP contribution is 2.48. The highest BCUT2D eigenvalue weighted by atomic mass is 19.4. The smallest absolute Gasteiger partial charge is 0.192 e. The molecule has 0 spiro atoms. The lowest BCUT2D eigenvalue weighted by Gasteiger charge is -2.12. The summed E-state index contributed by atoms with van der Waals surface area (Å²) in [5.41, 5.74) is -0.131. The third-order valence-corrected chi connectivity index (χ3v) is 3.63. The van der Waals surface area contributed by atoms with Crippen LogP contribution in [0.5, 0.6) is 0 Å². The van der Waals surface area contributed by atoms with Gasteiger partial charge in [-0.2, -0.15) is 18.4 Å². The second-order valence-corrected chi connectivity index (χ2v) is 5.30. The van der Waals surface area contributed by atoms with E-state index in [1.807, 2.05) is 0 Å². The number of hydrogen-bond acceptors (Lipinski definition) is 1. The molecule has 0 N–H and O–H groups in total. The predicted octanol–water partition coefficient (Wildman–Crippen LogP) is 4.31. The van der Waals surface area contributed by atoms with E-state index in [9.17, 15) is 13.2 Å². The van der Waals surface area contributed by atoms with Gasteiger partial charge >= 0.3 is 6.18 Å². The molecule has 1 aliphatic rings. The Kier molecular flexibility index (Phi) is 3.10. The number of alkyl halides is 3. The van der Waals surface area contributed by atoms with E-state index < -0.39 is 11.7 Å². The predicted molar refractivity (Wildman–Crippen MR) is 61.8 cm³/mol. The molecule has 1 saturated carbocycles. The van der Waals surface area contributed by atoms with Gasteiger partial charge in [0.15, 0.2) is 0 Å². The molecule has 0 aliphatic heterocycles. The lowest BCUT2D eigenvalue weighted by Crippen LogP contribution is -2.09. The SMILES string of the molecule is CC1(CCc2ccc(C#N)c(C(F)(F)F)c2)CC1. The van der Waals surface area contributed by atoms with Crippen LogP contribution in [-0.2, 0) is 12.6 Å². The number of nitrogens with zero attached hydrogens (tertiary/aromatic N) is 1. The Bertz CT molecular complexity index is 493. The van der Waals surface area contributed by atoms with Crippen molar-refractivity contribution >= 4 is 0 Å². The number of nitriles is 1. The summed E-state index contributed by atoms with van der Waals surface area (Å²) < 4.78 is 38.3. The first-order valence-electron chi connectivity index (χ1n) is 5.94. The van der Waals surface area contributed by atoms with Gasteiger partial charge in [0.05, 0.1) is 17.2 Å². The normalized spacial score (nSPS) is 17.3. The molecule has 0 aromatic heterocycles. The molecule has 4 heteroatoms. The van der Waals surface area contributed by atoms with Crippen molar-refractivity contribution in [2.45, 2.75) is 38.8 Å². The lowest BCUT2D eigenvalue weighted by molar-refractivity contribution is -0.137. The van der Waals surface area contributed by atoms with E-state index in [0.29, 0.717) is 17.4 Å². The summed E-state index contributed by atoms with van der Waals surface area (Å²) in [4.78, 5) is 0. The molecule has 0 unspecified atom stereocenters. The summed E-state index contributed by atoms with van der Waals surface area (Å²) in [6, 6.07) is 5.61. The number of halogens is 3. The van der Waals surface area contributed by atoms with Crippen molar-refractivity contribution < 1.29 is 13.2 Å². The number of benzene rings is 1. The minimum atomic E-state index is -4.45. The first kappa shape index (κ1) is 12.9.